The molecule has 0 bridgehead atoms. The highest BCUT2D eigenvalue weighted by Crippen LogP contribution is 2.27. The van der Waals surface area contributed by atoms with Crippen LogP contribution in [0.4, 0.5) is 4.39 Å². The zero-order chi connectivity index (χ0) is 12.1. The maximum Gasteiger partial charge on any atom is 0.144 e. The van der Waals surface area contributed by atoms with Gasteiger partial charge in [0.2, 0.25) is 0 Å². The first-order valence-electron chi connectivity index (χ1n) is 6.12. The van der Waals surface area contributed by atoms with Gasteiger partial charge in [0, 0.05) is 6.07 Å². The van der Waals surface area contributed by atoms with E-state index < -0.39 is 5.82 Å². The molecule has 0 aromatic heterocycles. The van der Waals surface area contributed by atoms with Crippen LogP contribution in [0.5, 0.6) is 5.75 Å². The molecule has 2 rings (SSSR count). The van der Waals surface area contributed by atoms with Crippen LogP contribution in [0.25, 0.3) is 0 Å². The molecule has 0 atom stereocenters. The molecule has 0 N–H and O–H groups in total. The smallest absolute Gasteiger partial charge is 0.144 e. The summed E-state index contributed by atoms with van der Waals surface area (Å²) in [5, 5.41) is 8.60. The Balaban J connectivity index is 1.82. The third-order valence-electron chi connectivity index (χ3n) is 3.33. The molecular formula is C14H16FNO. The summed E-state index contributed by atoms with van der Waals surface area (Å²) in [6.45, 7) is 0.635. The molecule has 0 unspecified atom stereocenters. The van der Waals surface area contributed by atoms with Gasteiger partial charge >= 0.3 is 0 Å². The first-order valence-corrected chi connectivity index (χ1v) is 6.12. The van der Waals surface area contributed by atoms with Gasteiger partial charge in [-0.2, -0.15) is 5.26 Å². The van der Waals surface area contributed by atoms with Crippen LogP contribution in [-0.2, 0) is 0 Å². The van der Waals surface area contributed by atoms with Gasteiger partial charge in [-0.1, -0.05) is 25.7 Å². The largest absolute Gasteiger partial charge is 0.493 e. The molecule has 0 heterocycles. The Kier molecular flexibility index (Phi) is 3.98. The Labute approximate surface area is 101 Å². The van der Waals surface area contributed by atoms with Crippen molar-refractivity contribution in [2.75, 3.05) is 6.61 Å². The predicted octanol–water partition coefficient (Wildman–Crippen LogP) is 3.66. The van der Waals surface area contributed by atoms with Gasteiger partial charge in [-0.05, 0) is 24.5 Å². The van der Waals surface area contributed by atoms with Crippen molar-refractivity contribution in [3.63, 3.8) is 0 Å². The molecule has 1 saturated carbocycles. The number of benzene rings is 1. The van der Waals surface area contributed by atoms with E-state index in [4.69, 9.17) is 10.00 Å². The van der Waals surface area contributed by atoms with Crippen molar-refractivity contribution in [2.24, 2.45) is 5.92 Å². The van der Waals surface area contributed by atoms with E-state index in [1.165, 1.54) is 37.8 Å². The third-order valence-corrected chi connectivity index (χ3v) is 3.33. The molecule has 1 aromatic rings. The van der Waals surface area contributed by atoms with E-state index >= 15 is 0 Å². The average molecular weight is 233 g/mol. The summed E-state index contributed by atoms with van der Waals surface area (Å²) in [4.78, 5) is 0. The van der Waals surface area contributed by atoms with E-state index in [1.807, 2.05) is 0 Å². The maximum absolute atomic E-state index is 13.3. The maximum atomic E-state index is 13.3. The monoisotopic (exact) mass is 233 g/mol. The van der Waals surface area contributed by atoms with Gasteiger partial charge in [-0.3, -0.25) is 0 Å². The number of rotatable bonds is 4. The zero-order valence-electron chi connectivity index (χ0n) is 9.79. The number of hydrogen-bond acceptors (Lipinski definition) is 2. The van der Waals surface area contributed by atoms with Crippen molar-refractivity contribution < 1.29 is 9.13 Å². The number of halogens is 1. The van der Waals surface area contributed by atoms with E-state index in [2.05, 4.69) is 0 Å². The van der Waals surface area contributed by atoms with Crippen molar-refractivity contribution in [3.8, 4) is 11.8 Å². The fourth-order valence-electron chi connectivity index (χ4n) is 2.32. The topological polar surface area (TPSA) is 33.0 Å². The van der Waals surface area contributed by atoms with Crippen LogP contribution < -0.4 is 4.74 Å². The van der Waals surface area contributed by atoms with Crippen molar-refractivity contribution in [2.45, 2.75) is 32.1 Å². The molecular weight excluding hydrogens is 217 g/mol. The summed E-state index contributed by atoms with van der Waals surface area (Å²) in [7, 11) is 0. The summed E-state index contributed by atoms with van der Waals surface area (Å²) >= 11 is 0. The highest BCUT2D eigenvalue weighted by molar-refractivity contribution is 5.36. The second kappa shape index (κ2) is 5.67. The fourth-order valence-corrected chi connectivity index (χ4v) is 2.32. The lowest BCUT2D eigenvalue weighted by atomic mass is 10.1. The van der Waals surface area contributed by atoms with Gasteiger partial charge in [-0.25, -0.2) is 4.39 Å². The normalized spacial score (nSPS) is 15.8. The quantitative estimate of drug-likeness (QED) is 0.795. The van der Waals surface area contributed by atoms with Crippen LogP contribution in [0.1, 0.15) is 37.7 Å². The molecule has 3 heteroatoms. The zero-order valence-corrected chi connectivity index (χ0v) is 9.79. The number of nitriles is 1. The highest BCUT2D eigenvalue weighted by Gasteiger charge is 2.14. The Morgan fingerprint density at radius 1 is 1.35 bits per heavy atom. The predicted molar refractivity (Wildman–Crippen MR) is 63.2 cm³/mol. The van der Waals surface area contributed by atoms with Gasteiger partial charge in [0.25, 0.3) is 0 Å². The van der Waals surface area contributed by atoms with E-state index in [0.29, 0.717) is 12.4 Å². The molecule has 0 spiro atoms. The molecule has 0 saturated heterocycles. The minimum atomic E-state index is -0.508. The van der Waals surface area contributed by atoms with Crippen molar-refractivity contribution in [1.82, 2.24) is 0 Å². The van der Waals surface area contributed by atoms with Gasteiger partial charge in [0.15, 0.2) is 0 Å². The number of nitrogens with zero attached hydrogens (tertiary/aromatic N) is 1. The number of hydrogen-bond donors (Lipinski definition) is 0. The van der Waals surface area contributed by atoms with Crippen LogP contribution >= 0.6 is 0 Å². The van der Waals surface area contributed by atoms with Crippen LogP contribution in [0.15, 0.2) is 18.2 Å². The third kappa shape index (κ3) is 3.20. The summed E-state index contributed by atoms with van der Waals surface area (Å²) in [5.41, 5.74) is 0.0631. The Morgan fingerprint density at radius 2 is 2.12 bits per heavy atom. The lowest BCUT2D eigenvalue weighted by molar-refractivity contribution is 0.278. The van der Waals surface area contributed by atoms with E-state index in [1.54, 1.807) is 12.1 Å². The lowest BCUT2D eigenvalue weighted by Crippen LogP contribution is -2.04. The van der Waals surface area contributed by atoms with E-state index in [9.17, 15) is 4.39 Å². The van der Waals surface area contributed by atoms with E-state index in [0.717, 1.165) is 12.3 Å². The molecule has 1 aromatic carbocycles. The van der Waals surface area contributed by atoms with Gasteiger partial charge in [-0.15, -0.1) is 0 Å². The fraction of sp³-hybridized carbons (Fsp3) is 0.500. The Bertz CT molecular complexity index is 419. The summed E-state index contributed by atoms with van der Waals surface area (Å²) in [5.74, 6) is 0.781. The van der Waals surface area contributed by atoms with Crippen LogP contribution in [0.3, 0.4) is 0 Å². The summed E-state index contributed by atoms with van der Waals surface area (Å²) in [6, 6.07) is 6.19. The summed E-state index contributed by atoms with van der Waals surface area (Å²) < 4.78 is 18.8. The number of ether oxygens (including phenoxy) is 1. The lowest BCUT2D eigenvalue weighted by Gasteiger charge is -2.10. The molecule has 17 heavy (non-hydrogen) atoms. The van der Waals surface area contributed by atoms with E-state index in [-0.39, 0.29) is 5.56 Å². The molecule has 1 aliphatic carbocycles. The highest BCUT2D eigenvalue weighted by atomic mass is 19.1. The van der Waals surface area contributed by atoms with Crippen molar-refractivity contribution in [1.29, 1.82) is 5.26 Å². The van der Waals surface area contributed by atoms with Crippen LogP contribution in [0, 0.1) is 23.1 Å². The molecule has 0 amide bonds. The Morgan fingerprint density at radius 3 is 2.76 bits per heavy atom. The molecule has 1 aliphatic rings. The molecule has 90 valence electrons. The molecule has 2 nitrogen and oxygen atoms in total. The minimum absolute atomic E-state index is 0.0631. The first-order chi connectivity index (χ1) is 8.29. The van der Waals surface area contributed by atoms with Gasteiger partial charge in [0.05, 0.1) is 12.2 Å². The van der Waals surface area contributed by atoms with Crippen LogP contribution in [0.2, 0.25) is 0 Å². The Hall–Kier alpha value is -1.56. The molecule has 0 aliphatic heterocycles. The second-order valence-corrected chi connectivity index (χ2v) is 4.54. The first kappa shape index (κ1) is 11.9. The average Bonchev–Trinajstić information content (AvgIpc) is 2.82. The second-order valence-electron chi connectivity index (χ2n) is 4.54. The molecule has 1 fully saturated rings. The van der Waals surface area contributed by atoms with Crippen molar-refractivity contribution in [3.05, 3.63) is 29.6 Å². The van der Waals surface area contributed by atoms with Gasteiger partial charge in [0.1, 0.15) is 17.6 Å². The molecule has 0 radical (unpaired) electrons. The summed E-state index contributed by atoms with van der Waals surface area (Å²) in [6.07, 6.45) is 6.30. The van der Waals surface area contributed by atoms with Crippen molar-refractivity contribution >= 4 is 0 Å². The van der Waals surface area contributed by atoms with Crippen LogP contribution in [-0.4, -0.2) is 6.61 Å². The SMILES string of the molecule is N#Cc1ccc(OCCC2CCCC2)cc1F. The van der Waals surface area contributed by atoms with Gasteiger partial charge < -0.3 is 4.74 Å². The minimum Gasteiger partial charge on any atom is -0.493 e. The standard InChI is InChI=1S/C14H16FNO/c15-14-9-13(6-5-12(14)10-16)17-8-7-11-3-1-2-4-11/h5-6,9,11H,1-4,7-8H2.